The molecular formula is C11H19NO4S. The molecule has 0 aromatic rings. The van der Waals surface area contributed by atoms with Crippen LogP contribution in [-0.2, 0) is 19.4 Å². The van der Waals surface area contributed by atoms with Crippen molar-refractivity contribution in [3.05, 3.63) is 0 Å². The van der Waals surface area contributed by atoms with Crippen LogP contribution in [0.15, 0.2) is 0 Å². The van der Waals surface area contributed by atoms with Gasteiger partial charge in [-0.05, 0) is 20.8 Å². The molecule has 1 N–H and O–H groups in total. The van der Waals surface area contributed by atoms with Crippen LogP contribution < -0.4 is 5.32 Å². The molecule has 5 nitrogen and oxygen atoms in total. The number of hydrogen-bond donors (Lipinski definition) is 1. The van der Waals surface area contributed by atoms with Crippen LogP contribution in [0, 0.1) is 11.3 Å². The molecule has 0 radical (unpaired) electrons. The standard InChI is InChI=1S/C11H19NO4S/c1-10(2,3)16-9(13)11-6-12-4-8(11)5-17(14,15)7-11/h8,12H,4-7H2,1-3H3. The van der Waals surface area contributed by atoms with E-state index in [0.29, 0.717) is 13.1 Å². The van der Waals surface area contributed by atoms with Crippen molar-refractivity contribution in [3.8, 4) is 0 Å². The van der Waals surface area contributed by atoms with Crippen molar-refractivity contribution in [1.29, 1.82) is 0 Å². The van der Waals surface area contributed by atoms with E-state index in [-0.39, 0.29) is 23.4 Å². The quantitative estimate of drug-likeness (QED) is 0.671. The second-order valence-electron chi connectivity index (χ2n) is 6.04. The molecule has 17 heavy (non-hydrogen) atoms. The lowest BCUT2D eigenvalue weighted by molar-refractivity contribution is -0.166. The predicted octanol–water partition coefficient (Wildman–Crippen LogP) is -0.0377. The predicted molar refractivity (Wildman–Crippen MR) is 63.3 cm³/mol. The average molecular weight is 261 g/mol. The first kappa shape index (κ1) is 12.8. The van der Waals surface area contributed by atoms with E-state index in [2.05, 4.69) is 5.32 Å². The minimum absolute atomic E-state index is 0.0768. The summed E-state index contributed by atoms with van der Waals surface area (Å²) in [7, 11) is -3.11. The van der Waals surface area contributed by atoms with Crippen molar-refractivity contribution in [2.24, 2.45) is 11.3 Å². The molecule has 6 heteroatoms. The summed E-state index contributed by atoms with van der Waals surface area (Å²) in [6.07, 6.45) is 0. The van der Waals surface area contributed by atoms with E-state index in [1.807, 2.05) is 0 Å². The fourth-order valence-electron chi connectivity index (χ4n) is 2.63. The third-order valence-electron chi connectivity index (χ3n) is 3.35. The molecule has 2 aliphatic rings. The van der Waals surface area contributed by atoms with Gasteiger partial charge in [0.15, 0.2) is 9.84 Å². The zero-order valence-corrected chi connectivity index (χ0v) is 11.3. The smallest absolute Gasteiger partial charge is 0.315 e. The number of rotatable bonds is 1. The lowest BCUT2D eigenvalue weighted by atomic mass is 9.81. The molecule has 2 heterocycles. The van der Waals surface area contributed by atoms with E-state index in [4.69, 9.17) is 4.74 Å². The van der Waals surface area contributed by atoms with E-state index in [0.717, 1.165) is 0 Å². The van der Waals surface area contributed by atoms with Crippen LogP contribution in [0.4, 0.5) is 0 Å². The van der Waals surface area contributed by atoms with Crippen LogP contribution in [0.25, 0.3) is 0 Å². The van der Waals surface area contributed by atoms with E-state index in [1.54, 1.807) is 20.8 Å². The number of ether oxygens (including phenoxy) is 1. The van der Waals surface area contributed by atoms with Crippen molar-refractivity contribution in [1.82, 2.24) is 5.32 Å². The lowest BCUT2D eigenvalue weighted by Crippen LogP contribution is -2.43. The summed E-state index contributed by atoms with van der Waals surface area (Å²) in [4.78, 5) is 12.2. The molecule has 0 aromatic carbocycles. The molecule has 0 saturated carbocycles. The van der Waals surface area contributed by atoms with Gasteiger partial charge in [-0.15, -0.1) is 0 Å². The summed E-state index contributed by atoms with van der Waals surface area (Å²) in [5, 5.41) is 3.10. The molecule has 98 valence electrons. The van der Waals surface area contributed by atoms with Crippen LogP contribution in [0.3, 0.4) is 0 Å². The number of nitrogens with one attached hydrogen (secondary N) is 1. The first-order valence-electron chi connectivity index (χ1n) is 5.79. The minimum atomic E-state index is -3.11. The maximum absolute atomic E-state index is 12.2. The van der Waals surface area contributed by atoms with Crippen LogP contribution in [0.5, 0.6) is 0 Å². The Kier molecular flexibility index (Phi) is 2.78. The fourth-order valence-corrected chi connectivity index (χ4v) is 5.04. The maximum Gasteiger partial charge on any atom is 0.315 e. The Morgan fingerprint density at radius 2 is 2.06 bits per heavy atom. The van der Waals surface area contributed by atoms with Crippen LogP contribution in [-0.4, -0.2) is 44.6 Å². The number of carbonyl (C=O) groups excluding carboxylic acids is 1. The first-order valence-corrected chi connectivity index (χ1v) is 7.61. The van der Waals surface area contributed by atoms with Crippen molar-refractivity contribution >= 4 is 15.8 Å². The minimum Gasteiger partial charge on any atom is -0.459 e. The number of esters is 1. The van der Waals surface area contributed by atoms with Gasteiger partial charge in [0.25, 0.3) is 0 Å². The topological polar surface area (TPSA) is 72.5 Å². The summed E-state index contributed by atoms with van der Waals surface area (Å²) < 4.78 is 28.7. The highest BCUT2D eigenvalue weighted by atomic mass is 32.2. The maximum atomic E-state index is 12.2. The van der Waals surface area contributed by atoms with E-state index < -0.39 is 20.9 Å². The summed E-state index contributed by atoms with van der Waals surface area (Å²) in [5.41, 5.74) is -1.43. The molecule has 0 spiro atoms. The third kappa shape index (κ3) is 2.33. The Morgan fingerprint density at radius 3 is 2.65 bits per heavy atom. The van der Waals surface area contributed by atoms with Gasteiger partial charge in [-0.25, -0.2) is 8.42 Å². The van der Waals surface area contributed by atoms with Gasteiger partial charge in [0.2, 0.25) is 0 Å². The van der Waals surface area contributed by atoms with E-state index >= 15 is 0 Å². The van der Waals surface area contributed by atoms with E-state index in [1.165, 1.54) is 0 Å². The summed E-state index contributed by atoms with van der Waals surface area (Å²) in [6, 6.07) is 0. The van der Waals surface area contributed by atoms with E-state index in [9.17, 15) is 13.2 Å². The van der Waals surface area contributed by atoms with Gasteiger partial charge in [0.1, 0.15) is 5.60 Å². The molecule has 0 aliphatic carbocycles. The highest BCUT2D eigenvalue weighted by Gasteiger charge is 2.59. The Morgan fingerprint density at radius 1 is 1.41 bits per heavy atom. The van der Waals surface area contributed by atoms with Crippen LogP contribution in [0.1, 0.15) is 20.8 Å². The van der Waals surface area contributed by atoms with Crippen molar-refractivity contribution in [2.45, 2.75) is 26.4 Å². The van der Waals surface area contributed by atoms with Gasteiger partial charge in [0.05, 0.1) is 16.9 Å². The summed E-state index contributed by atoms with van der Waals surface area (Å²) >= 11 is 0. The van der Waals surface area contributed by atoms with Gasteiger partial charge < -0.3 is 10.1 Å². The Bertz CT molecular complexity index is 437. The highest BCUT2D eigenvalue weighted by Crippen LogP contribution is 2.42. The Balaban J connectivity index is 2.26. The summed E-state index contributed by atoms with van der Waals surface area (Å²) in [6.45, 7) is 6.37. The second kappa shape index (κ2) is 3.68. The fraction of sp³-hybridized carbons (Fsp3) is 0.909. The monoisotopic (exact) mass is 261 g/mol. The number of carbonyl (C=O) groups is 1. The zero-order chi connectivity index (χ0) is 12.9. The molecule has 0 bridgehead atoms. The largest absolute Gasteiger partial charge is 0.459 e. The van der Waals surface area contributed by atoms with Crippen LogP contribution >= 0.6 is 0 Å². The molecule has 2 fully saturated rings. The Hall–Kier alpha value is -0.620. The SMILES string of the molecule is CC(C)(C)OC(=O)C12CNCC1CS(=O)(=O)C2. The number of fused-ring (bicyclic) bond motifs is 1. The number of hydrogen-bond acceptors (Lipinski definition) is 5. The lowest BCUT2D eigenvalue weighted by Gasteiger charge is -2.29. The van der Waals surface area contributed by atoms with Gasteiger partial charge in [-0.1, -0.05) is 0 Å². The average Bonchev–Trinajstić information content (AvgIpc) is 2.53. The third-order valence-corrected chi connectivity index (χ3v) is 5.22. The van der Waals surface area contributed by atoms with Gasteiger partial charge >= 0.3 is 5.97 Å². The highest BCUT2D eigenvalue weighted by molar-refractivity contribution is 7.91. The molecule has 2 saturated heterocycles. The molecular weight excluding hydrogens is 242 g/mol. The van der Waals surface area contributed by atoms with Gasteiger partial charge in [-0.2, -0.15) is 0 Å². The zero-order valence-electron chi connectivity index (χ0n) is 10.4. The summed E-state index contributed by atoms with van der Waals surface area (Å²) in [5.74, 6) is -0.491. The molecule has 2 aliphatic heterocycles. The molecule has 2 unspecified atom stereocenters. The normalized spacial score (nSPS) is 35.6. The molecule has 2 atom stereocenters. The van der Waals surface area contributed by atoms with Gasteiger partial charge in [-0.3, -0.25) is 4.79 Å². The van der Waals surface area contributed by atoms with Crippen molar-refractivity contribution in [2.75, 3.05) is 24.6 Å². The second-order valence-corrected chi connectivity index (χ2v) is 8.15. The van der Waals surface area contributed by atoms with Gasteiger partial charge in [0, 0.05) is 19.0 Å². The first-order chi connectivity index (χ1) is 7.65. The van der Waals surface area contributed by atoms with Crippen LogP contribution in [0.2, 0.25) is 0 Å². The molecule has 0 amide bonds. The van der Waals surface area contributed by atoms with Crippen molar-refractivity contribution in [3.63, 3.8) is 0 Å². The Labute approximate surface area is 102 Å². The number of sulfone groups is 1. The molecule has 0 aromatic heterocycles. The van der Waals surface area contributed by atoms with Crippen molar-refractivity contribution < 1.29 is 17.9 Å². The molecule has 2 rings (SSSR count).